The first kappa shape index (κ1) is 7.17. The van der Waals surface area contributed by atoms with Crippen molar-refractivity contribution in [3.63, 3.8) is 0 Å². The molecule has 54 valence electrons. The van der Waals surface area contributed by atoms with Gasteiger partial charge in [-0.3, -0.25) is 4.79 Å². The Kier molecular flexibility index (Phi) is 1.98. The summed E-state index contributed by atoms with van der Waals surface area (Å²) in [6.07, 6.45) is 1.53. The first-order chi connectivity index (χ1) is 4.72. The van der Waals surface area contributed by atoms with Gasteiger partial charge in [-0.05, 0) is 0 Å². The number of nitrogens with zero attached hydrogens (tertiary/aromatic N) is 1. The summed E-state index contributed by atoms with van der Waals surface area (Å²) in [5.41, 5.74) is 5.23. The molecule has 0 saturated carbocycles. The molecule has 5 heteroatoms. The highest BCUT2D eigenvalue weighted by molar-refractivity contribution is 7.09. The van der Waals surface area contributed by atoms with Gasteiger partial charge in [-0.2, -0.15) is 0 Å². The zero-order valence-electron chi connectivity index (χ0n) is 5.02. The standard InChI is InChI=1S/C5H6N2O2S/c6-3(5(8)9)4-7-1-2-10-4/h1-3H,6H2,(H,8,9). The van der Waals surface area contributed by atoms with E-state index in [2.05, 4.69) is 4.98 Å². The zero-order chi connectivity index (χ0) is 7.56. The van der Waals surface area contributed by atoms with Crippen LogP contribution in [0.5, 0.6) is 0 Å². The minimum Gasteiger partial charge on any atom is -0.480 e. The Morgan fingerprint density at radius 3 is 3.00 bits per heavy atom. The monoisotopic (exact) mass is 158 g/mol. The van der Waals surface area contributed by atoms with Crippen LogP contribution >= 0.6 is 11.3 Å². The molecule has 0 aliphatic heterocycles. The highest BCUT2D eigenvalue weighted by Crippen LogP contribution is 2.12. The first-order valence-electron chi connectivity index (χ1n) is 2.59. The molecular weight excluding hydrogens is 152 g/mol. The lowest BCUT2D eigenvalue weighted by atomic mass is 10.3. The molecule has 0 fully saturated rings. The van der Waals surface area contributed by atoms with Gasteiger partial charge in [0, 0.05) is 11.6 Å². The number of hydrogen-bond donors (Lipinski definition) is 2. The smallest absolute Gasteiger partial charge is 0.327 e. The molecule has 0 aromatic carbocycles. The molecule has 0 saturated heterocycles. The summed E-state index contributed by atoms with van der Waals surface area (Å²) < 4.78 is 0. The number of nitrogens with two attached hydrogens (primary N) is 1. The number of carboxylic acids is 1. The van der Waals surface area contributed by atoms with Gasteiger partial charge in [0.25, 0.3) is 0 Å². The van der Waals surface area contributed by atoms with E-state index in [4.69, 9.17) is 10.8 Å². The van der Waals surface area contributed by atoms with E-state index in [-0.39, 0.29) is 0 Å². The Balaban J connectivity index is 2.77. The van der Waals surface area contributed by atoms with E-state index in [1.54, 1.807) is 5.38 Å². The number of hydrogen-bond acceptors (Lipinski definition) is 4. The second-order valence-corrected chi connectivity index (χ2v) is 2.61. The molecule has 0 amide bonds. The van der Waals surface area contributed by atoms with Crippen LogP contribution in [0.15, 0.2) is 11.6 Å². The summed E-state index contributed by atoms with van der Waals surface area (Å²) in [5, 5.41) is 10.5. The van der Waals surface area contributed by atoms with Crippen LogP contribution in [0, 0.1) is 0 Å². The highest BCUT2D eigenvalue weighted by atomic mass is 32.1. The molecule has 1 aromatic heterocycles. The second kappa shape index (κ2) is 2.76. The van der Waals surface area contributed by atoms with Gasteiger partial charge in [0.1, 0.15) is 5.01 Å². The predicted molar refractivity (Wildman–Crippen MR) is 36.7 cm³/mol. The molecule has 0 aliphatic rings. The third kappa shape index (κ3) is 1.31. The first-order valence-corrected chi connectivity index (χ1v) is 3.47. The molecule has 1 rings (SSSR count). The van der Waals surface area contributed by atoms with E-state index in [0.717, 1.165) is 0 Å². The van der Waals surface area contributed by atoms with E-state index in [9.17, 15) is 4.79 Å². The van der Waals surface area contributed by atoms with Crippen molar-refractivity contribution in [1.29, 1.82) is 0 Å². The fourth-order valence-electron chi connectivity index (χ4n) is 0.494. The Morgan fingerprint density at radius 1 is 1.90 bits per heavy atom. The third-order valence-electron chi connectivity index (χ3n) is 0.984. The van der Waals surface area contributed by atoms with Crippen molar-refractivity contribution in [2.45, 2.75) is 6.04 Å². The van der Waals surface area contributed by atoms with Crippen molar-refractivity contribution < 1.29 is 9.90 Å². The maximum Gasteiger partial charge on any atom is 0.327 e. The molecule has 0 spiro atoms. The van der Waals surface area contributed by atoms with Crippen LogP contribution < -0.4 is 5.73 Å². The van der Waals surface area contributed by atoms with Crippen LogP contribution in [0.2, 0.25) is 0 Å². The largest absolute Gasteiger partial charge is 0.480 e. The highest BCUT2D eigenvalue weighted by Gasteiger charge is 2.15. The molecule has 1 heterocycles. The number of thiazole rings is 1. The Hall–Kier alpha value is -0.940. The lowest BCUT2D eigenvalue weighted by Gasteiger charge is -1.98. The van der Waals surface area contributed by atoms with Gasteiger partial charge in [0.05, 0.1) is 0 Å². The van der Waals surface area contributed by atoms with Gasteiger partial charge in [-0.15, -0.1) is 11.3 Å². The average molecular weight is 158 g/mol. The molecule has 1 atom stereocenters. The fourth-order valence-corrected chi connectivity index (χ4v) is 1.12. The lowest BCUT2D eigenvalue weighted by Crippen LogP contribution is -2.20. The number of carbonyl (C=O) groups is 1. The molecular formula is C5H6N2O2S. The van der Waals surface area contributed by atoms with Gasteiger partial charge in [-0.25, -0.2) is 4.98 Å². The average Bonchev–Trinajstić information content (AvgIpc) is 2.36. The Labute approximate surface area is 61.3 Å². The maximum absolute atomic E-state index is 10.2. The molecule has 0 bridgehead atoms. The molecule has 3 N–H and O–H groups in total. The topological polar surface area (TPSA) is 76.2 Å². The van der Waals surface area contributed by atoms with Gasteiger partial charge in [0.2, 0.25) is 0 Å². The molecule has 10 heavy (non-hydrogen) atoms. The Bertz CT molecular complexity index is 222. The van der Waals surface area contributed by atoms with Crippen LogP contribution in [0.4, 0.5) is 0 Å². The molecule has 1 unspecified atom stereocenters. The second-order valence-electron chi connectivity index (χ2n) is 1.69. The van der Waals surface area contributed by atoms with Crippen LogP contribution in [0.25, 0.3) is 0 Å². The van der Waals surface area contributed by atoms with E-state index < -0.39 is 12.0 Å². The number of carboxylic acid groups (broad SMARTS) is 1. The van der Waals surface area contributed by atoms with Crippen molar-refractivity contribution in [1.82, 2.24) is 4.98 Å². The predicted octanol–water partition coefficient (Wildman–Crippen LogP) is 0.228. The van der Waals surface area contributed by atoms with Gasteiger partial charge >= 0.3 is 5.97 Å². The SMILES string of the molecule is NC(C(=O)O)c1nccs1. The normalized spacial score (nSPS) is 12.9. The van der Waals surface area contributed by atoms with Crippen molar-refractivity contribution in [2.24, 2.45) is 5.73 Å². The van der Waals surface area contributed by atoms with Crippen LogP contribution in [-0.4, -0.2) is 16.1 Å². The zero-order valence-corrected chi connectivity index (χ0v) is 5.84. The third-order valence-corrected chi connectivity index (χ3v) is 1.84. The number of aromatic nitrogens is 1. The number of rotatable bonds is 2. The van der Waals surface area contributed by atoms with Gasteiger partial charge in [-0.1, -0.05) is 0 Å². The van der Waals surface area contributed by atoms with Crippen LogP contribution in [-0.2, 0) is 4.79 Å². The van der Waals surface area contributed by atoms with Crippen LogP contribution in [0.1, 0.15) is 11.0 Å². The summed E-state index contributed by atoms with van der Waals surface area (Å²) >= 11 is 1.24. The lowest BCUT2D eigenvalue weighted by molar-refractivity contribution is -0.138. The summed E-state index contributed by atoms with van der Waals surface area (Å²) in [4.78, 5) is 14.0. The van der Waals surface area contributed by atoms with E-state index in [1.165, 1.54) is 17.5 Å². The molecule has 1 aromatic rings. The molecule has 4 nitrogen and oxygen atoms in total. The van der Waals surface area contributed by atoms with E-state index in [0.29, 0.717) is 5.01 Å². The van der Waals surface area contributed by atoms with E-state index >= 15 is 0 Å². The van der Waals surface area contributed by atoms with Crippen molar-refractivity contribution in [3.8, 4) is 0 Å². The van der Waals surface area contributed by atoms with Crippen molar-refractivity contribution >= 4 is 17.3 Å². The minimum atomic E-state index is -1.05. The maximum atomic E-state index is 10.2. The molecule has 0 aliphatic carbocycles. The van der Waals surface area contributed by atoms with Crippen molar-refractivity contribution in [2.75, 3.05) is 0 Å². The Morgan fingerprint density at radius 2 is 2.60 bits per heavy atom. The molecule has 0 radical (unpaired) electrons. The quantitative estimate of drug-likeness (QED) is 0.645. The van der Waals surface area contributed by atoms with Crippen molar-refractivity contribution in [3.05, 3.63) is 16.6 Å². The summed E-state index contributed by atoms with van der Waals surface area (Å²) in [5.74, 6) is -1.05. The summed E-state index contributed by atoms with van der Waals surface area (Å²) in [6, 6.07) is -0.972. The van der Waals surface area contributed by atoms with Gasteiger partial charge < -0.3 is 10.8 Å². The van der Waals surface area contributed by atoms with E-state index in [1.807, 2.05) is 0 Å². The minimum absolute atomic E-state index is 0.438. The summed E-state index contributed by atoms with van der Waals surface area (Å²) in [6.45, 7) is 0. The summed E-state index contributed by atoms with van der Waals surface area (Å²) in [7, 11) is 0. The number of aliphatic carboxylic acids is 1. The fraction of sp³-hybridized carbons (Fsp3) is 0.200. The van der Waals surface area contributed by atoms with Gasteiger partial charge in [0.15, 0.2) is 6.04 Å². The van der Waals surface area contributed by atoms with Crippen LogP contribution in [0.3, 0.4) is 0 Å².